The van der Waals surface area contributed by atoms with Gasteiger partial charge in [-0.15, -0.1) is 0 Å². The van der Waals surface area contributed by atoms with Gasteiger partial charge in [0.1, 0.15) is 6.04 Å². The molecule has 0 bridgehead atoms. The van der Waals surface area contributed by atoms with Crippen LogP contribution in [0.2, 0.25) is 0 Å². The van der Waals surface area contributed by atoms with Crippen LogP contribution in [0.25, 0.3) is 22.2 Å². The van der Waals surface area contributed by atoms with E-state index >= 15 is 9.59 Å². The van der Waals surface area contributed by atoms with Crippen LogP contribution in [0.15, 0.2) is 30.5 Å². The van der Waals surface area contributed by atoms with Crippen LogP contribution in [0, 0.1) is 16.7 Å². The average Bonchev–Trinajstić information content (AvgIpc) is 3.95. The van der Waals surface area contributed by atoms with E-state index in [1.807, 2.05) is 13.8 Å². The minimum atomic E-state index is -0.922. The third-order valence-corrected chi connectivity index (χ3v) is 18.8. The van der Waals surface area contributed by atoms with Gasteiger partial charge < -0.3 is 29.2 Å². The number of piperidine rings is 1. The van der Waals surface area contributed by atoms with Gasteiger partial charge in [0, 0.05) is 124 Å². The van der Waals surface area contributed by atoms with Gasteiger partial charge in [-0.2, -0.15) is 0 Å². The number of hydrogen-bond acceptors (Lipinski definition) is 13. The zero-order valence-corrected chi connectivity index (χ0v) is 50.9. The summed E-state index contributed by atoms with van der Waals surface area (Å²) in [6.45, 7) is 30.6. The Hall–Kier alpha value is -3.52. The number of carbonyl (C=O) groups excluding carboxylic acids is 2. The molecule has 442 valence electrons. The molecule has 5 aliphatic rings. The van der Waals surface area contributed by atoms with Crippen LogP contribution in [-0.2, 0) is 47.7 Å². The predicted octanol–water partition coefficient (Wildman–Crippen LogP) is 9.38. The molecule has 5 saturated heterocycles. The Morgan fingerprint density at radius 2 is 1.73 bits per heavy atom. The quantitative estimate of drug-likeness (QED) is 0.0647. The number of aryl methyl sites for hydroxylation is 1. The molecule has 1 aromatic carbocycles. The van der Waals surface area contributed by atoms with E-state index in [0.717, 1.165) is 131 Å². The van der Waals surface area contributed by atoms with E-state index in [4.69, 9.17) is 19.3 Å². The lowest BCUT2D eigenvalue weighted by Gasteiger charge is -2.58. The van der Waals surface area contributed by atoms with Gasteiger partial charge >= 0.3 is 0 Å². The summed E-state index contributed by atoms with van der Waals surface area (Å²) in [6, 6.07) is 7.91. The van der Waals surface area contributed by atoms with E-state index in [-0.39, 0.29) is 50.8 Å². The summed E-state index contributed by atoms with van der Waals surface area (Å²) in [5.41, 5.74) is 11.0. The van der Waals surface area contributed by atoms with Gasteiger partial charge in [0.05, 0.1) is 43.4 Å². The van der Waals surface area contributed by atoms with Crippen molar-refractivity contribution >= 4 is 39.2 Å². The van der Waals surface area contributed by atoms with E-state index in [0.29, 0.717) is 63.1 Å². The zero-order chi connectivity index (χ0) is 56.3. The van der Waals surface area contributed by atoms with Crippen LogP contribution in [-0.4, -0.2) is 179 Å². The Morgan fingerprint density at radius 3 is 2.37 bits per heavy atom. The molecular formula is C61H105N9O7S. The number of pyridine rings is 1. The smallest absolute Gasteiger partial charge is 0.260 e. The normalized spacial score (nSPS) is 22.6. The fourth-order valence-electron chi connectivity index (χ4n) is 13.1. The molecule has 3 aromatic rings. The van der Waals surface area contributed by atoms with E-state index in [2.05, 4.69) is 128 Å². The Labute approximate surface area is 474 Å². The number of aromatic nitrogens is 2. The number of rotatable bonds is 22. The highest BCUT2D eigenvalue weighted by molar-refractivity contribution is 7.85. The van der Waals surface area contributed by atoms with Crippen molar-refractivity contribution in [1.29, 1.82) is 0 Å². The van der Waals surface area contributed by atoms with Gasteiger partial charge in [-0.1, -0.05) is 54.9 Å². The number of ether oxygens (including phenoxy) is 2. The molecule has 5 fully saturated rings. The minimum Gasteiger partial charge on any atom is -0.380 e. The fourth-order valence-corrected chi connectivity index (χ4v) is 14.3. The zero-order valence-electron chi connectivity index (χ0n) is 50.0. The molecule has 6 atom stereocenters. The molecule has 7 heterocycles. The fraction of sp³-hybridized carbons (Fsp3) is 0.754. The SMILES string of the molecule is CC.CCCN(CC[C@H]([C@H](NC(=O)[C@H](C(C)C)N1CCCCCS(=O)CC1)C(=O)N1CCCC(C)N1)N1CC2(COC2)C1)c1ccc2c(c1)c(CC(C)(C)COO)c(-c1cc(C3CCN(C)CC3)cnc1[C@H](C)OC)n2CC.[HH].[HH]. The highest BCUT2D eigenvalue weighted by Gasteiger charge is 2.53. The largest absolute Gasteiger partial charge is 0.380 e. The van der Waals surface area contributed by atoms with Crippen LogP contribution >= 0.6 is 0 Å². The number of hydrazine groups is 1. The third-order valence-electron chi connectivity index (χ3n) is 17.4. The molecule has 8 rings (SSSR count). The first kappa shape index (κ1) is 62.1. The second-order valence-corrected chi connectivity index (χ2v) is 26.3. The van der Waals surface area contributed by atoms with Gasteiger partial charge in [0.15, 0.2) is 0 Å². The molecular weight excluding hydrogens is 1000 g/mol. The van der Waals surface area contributed by atoms with Crippen molar-refractivity contribution in [3.8, 4) is 11.3 Å². The van der Waals surface area contributed by atoms with Gasteiger partial charge in [0.2, 0.25) is 5.91 Å². The molecule has 2 aromatic heterocycles. The van der Waals surface area contributed by atoms with Crippen molar-refractivity contribution in [2.24, 2.45) is 16.7 Å². The monoisotopic (exact) mass is 1110 g/mol. The molecule has 0 saturated carbocycles. The first-order valence-corrected chi connectivity index (χ1v) is 31.6. The molecule has 1 spiro atoms. The van der Waals surface area contributed by atoms with Crippen LogP contribution in [0.3, 0.4) is 0 Å². The molecule has 16 nitrogen and oxygen atoms in total. The minimum absolute atomic E-state index is 0. The lowest BCUT2D eigenvalue weighted by molar-refractivity contribution is -0.259. The Balaban J connectivity index is 0.00000291. The summed E-state index contributed by atoms with van der Waals surface area (Å²) < 4.78 is 27.3. The van der Waals surface area contributed by atoms with E-state index in [1.165, 1.54) is 11.1 Å². The van der Waals surface area contributed by atoms with Gasteiger partial charge in [-0.25, -0.2) is 10.3 Å². The summed E-state index contributed by atoms with van der Waals surface area (Å²) >= 11 is 0. The average molecular weight is 1110 g/mol. The second-order valence-electron chi connectivity index (χ2n) is 24.6. The summed E-state index contributed by atoms with van der Waals surface area (Å²) in [5, 5.41) is 16.3. The van der Waals surface area contributed by atoms with E-state index in [9.17, 15) is 9.47 Å². The molecule has 2 amide bonds. The van der Waals surface area contributed by atoms with Crippen molar-refractivity contribution in [3.05, 3.63) is 47.3 Å². The lowest BCUT2D eigenvalue weighted by atomic mass is 9.76. The maximum Gasteiger partial charge on any atom is 0.260 e. The summed E-state index contributed by atoms with van der Waals surface area (Å²) in [7, 11) is 3.03. The van der Waals surface area contributed by atoms with Crippen molar-refractivity contribution in [3.63, 3.8) is 0 Å². The van der Waals surface area contributed by atoms with Gasteiger partial charge in [-0.05, 0) is 158 Å². The number of amides is 2. The van der Waals surface area contributed by atoms with Crippen molar-refractivity contribution in [1.82, 2.24) is 40.0 Å². The number of methoxy groups -OCH3 is 1. The lowest BCUT2D eigenvalue weighted by Crippen LogP contribution is -2.73. The number of fused-ring (bicyclic) bond motifs is 1. The van der Waals surface area contributed by atoms with E-state index in [1.54, 1.807) is 12.1 Å². The third kappa shape index (κ3) is 14.7. The van der Waals surface area contributed by atoms with Crippen molar-refractivity contribution < 1.29 is 36.3 Å². The predicted molar refractivity (Wildman–Crippen MR) is 321 cm³/mol. The molecule has 3 N–H and O–H groups in total. The topological polar surface area (TPSA) is 157 Å². The first-order valence-electron chi connectivity index (χ1n) is 30.2. The number of hydrogen-bond donors (Lipinski definition) is 3. The van der Waals surface area contributed by atoms with Crippen LogP contribution in [0.5, 0.6) is 0 Å². The van der Waals surface area contributed by atoms with Crippen molar-refractivity contribution in [2.75, 3.05) is 109 Å². The summed E-state index contributed by atoms with van der Waals surface area (Å²) in [6.07, 6.45) is 11.0. The molecule has 78 heavy (non-hydrogen) atoms. The number of carbonyl (C=O) groups is 2. The van der Waals surface area contributed by atoms with Gasteiger partial charge in [0.25, 0.3) is 5.91 Å². The highest BCUT2D eigenvalue weighted by Crippen LogP contribution is 2.44. The number of anilines is 1. The molecule has 17 heteroatoms. The number of nitrogens with one attached hydrogen (secondary N) is 2. The highest BCUT2D eigenvalue weighted by atomic mass is 32.2. The van der Waals surface area contributed by atoms with Crippen molar-refractivity contribution in [2.45, 2.75) is 176 Å². The Bertz CT molecular complexity index is 2440. The summed E-state index contributed by atoms with van der Waals surface area (Å²) in [4.78, 5) is 50.2. The molecule has 0 radical (unpaired) electrons. The Kier molecular flexibility index (Phi) is 22.6. The number of nitrogens with zero attached hydrogens (tertiary/aromatic N) is 7. The maximum atomic E-state index is 15.3. The number of likely N-dealkylation sites (tertiary alicyclic amines) is 2. The van der Waals surface area contributed by atoms with Crippen LogP contribution < -0.4 is 15.6 Å². The molecule has 2 unspecified atom stereocenters. The van der Waals surface area contributed by atoms with E-state index < -0.39 is 28.3 Å². The molecule has 5 aliphatic heterocycles. The molecule has 0 aliphatic carbocycles. The summed E-state index contributed by atoms with van der Waals surface area (Å²) in [5.74, 6) is 1.44. The van der Waals surface area contributed by atoms with Crippen LogP contribution in [0.1, 0.15) is 159 Å². The van der Waals surface area contributed by atoms with Crippen LogP contribution in [0.4, 0.5) is 5.69 Å². The maximum absolute atomic E-state index is 15.3. The number of benzene rings is 1. The Morgan fingerprint density at radius 1 is 0.987 bits per heavy atom. The first-order chi connectivity index (χ1) is 37.5. The second kappa shape index (κ2) is 28.5. The standard InChI is InChI=1S/C59H95N9O7S.C2H6.2H2/c1-11-23-64(46-18-19-50-47(33-46)49(34-58(7,8)38-75-71)55(67(50)12-2)48-32-45(35-60-52(48)43(6)73-10)44-20-26-63(9)27-21-44)28-22-51(66-36-59(37-66)39-74-40-59)53(57(70)68-25-16-17-42(5)62-68)61-56(69)54(41(3)4)65-24-14-13-15-30-76(72)31-29-65;1-2;;/h18-19,32-33,35,41-44,51,53-54,62,71H,11-17,20-31,34,36-40H2,1-10H3,(H,61,69);1-2H3;2*1H/t42?,43-,51+,53-,54-,76?;;;/m0.../s1. The van der Waals surface area contributed by atoms with Gasteiger partial charge in [-0.3, -0.25) is 38.8 Å².